The molecule has 0 fully saturated rings. The molecule has 3 heteroatoms. The summed E-state index contributed by atoms with van der Waals surface area (Å²) in [5.41, 5.74) is 0. The molecule has 0 N–H and O–H groups in total. The summed E-state index contributed by atoms with van der Waals surface area (Å²) in [6.07, 6.45) is 1.62. The van der Waals surface area contributed by atoms with Crippen LogP contribution in [0.5, 0.6) is 0 Å². The first kappa shape index (κ1) is 11.4. The van der Waals surface area contributed by atoms with Gasteiger partial charge in [0.1, 0.15) is 8.07 Å². The van der Waals surface area contributed by atoms with Crippen LogP contribution < -0.4 is 5.19 Å². The molecule has 0 radical (unpaired) electrons. The largest absolute Gasteiger partial charge is 0.387 e. The van der Waals surface area contributed by atoms with Gasteiger partial charge in [0.05, 0.1) is 0 Å². The fourth-order valence-corrected chi connectivity index (χ4v) is 4.37. The third kappa shape index (κ3) is 2.67. The van der Waals surface area contributed by atoms with Crippen molar-refractivity contribution in [1.82, 2.24) is 0 Å². The second-order valence-electron chi connectivity index (χ2n) is 3.79. The average Bonchev–Trinajstić information content (AvgIpc) is 2.20. The highest BCUT2D eigenvalue weighted by Gasteiger charge is 2.29. The Labute approximate surface area is 86.9 Å². The first-order valence-corrected chi connectivity index (χ1v) is 7.68. The van der Waals surface area contributed by atoms with Crippen LogP contribution in [0.1, 0.15) is 0 Å². The molecule has 0 spiro atoms. The standard InChI is InChI=1S/C11H18O2Si/c1-12-9-14(3,10-13-2)11-7-5-4-6-8-11/h4-8H,9-10H2,1-3H3. The summed E-state index contributed by atoms with van der Waals surface area (Å²) in [7, 11) is 1.94. The van der Waals surface area contributed by atoms with Crippen molar-refractivity contribution >= 4 is 13.3 Å². The minimum absolute atomic E-state index is 0.810. The van der Waals surface area contributed by atoms with E-state index >= 15 is 0 Å². The maximum atomic E-state index is 5.30. The SMILES string of the molecule is COC[Si](C)(COC)c1ccccc1. The van der Waals surface area contributed by atoms with Crippen LogP contribution in [0.25, 0.3) is 0 Å². The maximum absolute atomic E-state index is 5.30. The fraction of sp³-hybridized carbons (Fsp3) is 0.455. The van der Waals surface area contributed by atoms with E-state index in [-0.39, 0.29) is 0 Å². The van der Waals surface area contributed by atoms with Crippen LogP contribution in [0, 0.1) is 0 Å². The lowest BCUT2D eigenvalue weighted by Gasteiger charge is -2.25. The van der Waals surface area contributed by atoms with Gasteiger partial charge >= 0.3 is 0 Å². The molecule has 0 bridgehead atoms. The van der Waals surface area contributed by atoms with Gasteiger partial charge in [0.25, 0.3) is 0 Å². The van der Waals surface area contributed by atoms with Crippen molar-refractivity contribution in [3.8, 4) is 0 Å². The van der Waals surface area contributed by atoms with E-state index in [9.17, 15) is 0 Å². The average molecular weight is 210 g/mol. The number of rotatable bonds is 5. The van der Waals surface area contributed by atoms with E-state index in [0.29, 0.717) is 0 Å². The molecule has 0 aromatic heterocycles. The van der Waals surface area contributed by atoms with Gasteiger partial charge < -0.3 is 9.47 Å². The Bertz CT molecular complexity index is 255. The predicted octanol–water partition coefficient (Wildman–Crippen LogP) is 1.34. The maximum Gasteiger partial charge on any atom is 0.140 e. The van der Waals surface area contributed by atoms with Crippen molar-refractivity contribution in [2.45, 2.75) is 6.55 Å². The smallest absolute Gasteiger partial charge is 0.140 e. The van der Waals surface area contributed by atoms with E-state index in [1.807, 2.05) is 6.07 Å². The molecule has 0 aliphatic heterocycles. The van der Waals surface area contributed by atoms with Crippen LogP contribution in [0.3, 0.4) is 0 Å². The van der Waals surface area contributed by atoms with Gasteiger partial charge in [-0.05, 0) is 0 Å². The Morgan fingerprint density at radius 2 is 1.50 bits per heavy atom. The lowest BCUT2D eigenvalue weighted by molar-refractivity contribution is 0.219. The van der Waals surface area contributed by atoms with Crippen LogP contribution in [-0.2, 0) is 9.47 Å². The molecule has 78 valence electrons. The number of ether oxygens (including phenoxy) is 2. The monoisotopic (exact) mass is 210 g/mol. The van der Waals surface area contributed by atoms with Crippen molar-refractivity contribution in [2.75, 3.05) is 26.7 Å². The first-order chi connectivity index (χ1) is 6.73. The number of hydrogen-bond acceptors (Lipinski definition) is 2. The van der Waals surface area contributed by atoms with E-state index in [1.165, 1.54) is 5.19 Å². The van der Waals surface area contributed by atoms with Gasteiger partial charge in [-0.1, -0.05) is 42.1 Å². The zero-order valence-corrected chi connectivity index (χ0v) is 10.1. The number of hydrogen-bond donors (Lipinski definition) is 0. The van der Waals surface area contributed by atoms with Gasteiger partial charge in [-0.3, -0.25) is 0 Å². The molecule has 0 atom stereocenters. The number of methoxy groups -OCH3 is 2. The Balaban J connectivity index is 2.87. The molecule has 1 rings (SSSR count). The molecule has 1 aromatic carbocycles. The predicted molar refractivity (Wildman–Crippen MR) is 61.4 cm³/mol. The lowest BCUT2D eigenvalue weighted by Crippen LogP contribution is -2.53. The summed E-state index contributed by atoms with van der Waals surface area (Å²) >= 11 is 0. The molecule has 0 aliphatic carbocycles. The highest BCUT2D eigenvalue weighted by molar-refractivity contribution is 6.90. The van der Waals surface area contributed by atoms with Crippen molar-refractivity contribution < 1.29 is 9.47 Å². The van der Waals surface area contributed by atoms with E-state index in [0.717, 1.165) is 12.5 Å². The molecule has 0 aliphatic rings. The minimum Gasteiger partial charge on any atom is -0.387 e. The zero-order valence-electron chi connectivity index (χ0n) is 9.12. The lowest BCUT2D eigenvalue weighted by atomic mass is 10.4. The van der Waals surface area contributed by atoms with Crippen molar-refractivity contribution in [1.29, 1.82) is 0 Å². The van der Waals surface area contributed by atoms with Crippen LogP contribution in [0.2, 0.25) is 6.55 Å². The van der Waals surface area contributed by atoms with E-state index in [2.05, 4.69) is 30.8 Å². The summed E-state index contributed by atoms with van der Waals surface area (Å²) in [6.45, 7) is 2.29. The topological polar surface area (TPSA) is 18.5 Å². The Hall–Kier alpha value is -0.643. The third-order valence-electron chi connectivity index (χ3n) is 2.40. The second-order valence-corrected chi connectivity index (χ2v) is 8.07. The Morgan fingerprint density at radius 1 is 1.00 bits per heavy atom. The molecular formula is C11H18O2Si. The van der Waals surface area contributed by atoms with E-state index in [4.69, 9.17) is 9.47 Å². The summed E-state index contributed by atoms with van der Waals surface area (Å²) in [4.78, 5) is 0. The normalized spacial score (nSPS) is 11.6. The van der Waals surface area contributed by atoms with Crippen molar-refractivity contribution in [3.05, 3.63) is 30.3 Å². The van der Waals surface area contributed by atoms with E-state index < -0.39 is 8.07 Å². The second kappa shape index (κ2) is 5.29. The first-order valence-electron chi connectivity index (χ1n) is 4.76. The fourth-order valence-electron chi connectivity index (χ4n) is 1.69. The van der Waals surface area contributed by atoms with Gasteiger partial charge in [0, 0.05) is 26.7 Å². The molecule has 1 aromatic rings. The van der Waals surface area contributed by atoms with Gasteiger partial charge in [-0.2, -0.15) is 0 Å². The summed E-state index contributed by atoms with van der Waals surface area (Å²) in [5, 5.41) is 1.39. The van der Waals surface area contributed by atoms with Crippen LogP contribution in [0.4, 0.5) is 0 Å². The molecule has 14 heavy (non-hydrogen) atoms. The summed E-state index contributed by atoms with van der Waals surface area (Å²) in [6, 6.07) is 10.5. The molecular weight excluding hydrogens is 192 g/mol. The molecule has 0 saturated heterocycles. The van der Waals surface area contributed by atoms with Crippen molar-refractivity contribution in [2.24, 2.45) is 0 Å². The van der Waals surface area contributed by atoms with Gasteiger partial charge in [-0.25, -0.2) is 0 Å². The highest BCUT2D eigenvalue weighted by Crippen LogP contribution is 2.04. The molecule has 0 saturated carbocycles. The molecule has 2 nitrogen and oxygen atoms in total. The minimum atomic E-state index is -1.57. The van der Waals surface area contributed by atoms with Gasteiger partial charge in [0.15, 0.2) is 0 Å². The highest BCUT2D eigenvalue weighted by atomic mass is 28.3. The Kier molecular flexibility index (Phi) is 4.32. The van der Waals surface area contributed by atoms with Crippen molar-refractivity contribution in [3.63, 3.8) is 0 Å². The van der Waals surface area contributed by atoms with Gasteiger partial charge in [0.2, 0.25) is 0 Å². The van der Waals surface area contributed by atoms with Crippen LogP contribution in [0.15, 0.2) is 30.3 Å². The zero-order chi connectivity index (χ0) is 10.4. The molecule has 0 amide bonds. The Morgan fingerprint density at radius 3 is 1.93 bits per heavy atom. The summed E-state index contributed by atoms with van der Waals surface area (Å²) < 4.78 is 10.6. The van der Waals surface area contributed by atoms with Gasteiger partial charge in [-0.15, -0.1) is 0 Å². The third-order valence-corrected chi connectivity index (χ3v) is 5.98. The molecule has 0 unspecified atom stereocenters. The number of benzene rings is 1. The van der Waals surface area contributed by atoms with Crippen LogP contribution in [-0.4, -0.2) is 34.8 Å². The summed E-state index contributed by atoms with van der Waals surface area (Å²) in [5.74, 6) is 0. The quantitative estimate of drug-likeness (QED) is 0.683. The molecule has 0 heterocycles. The van der Waals surface area contributed by atoms with E-state index in [1.54, 1.807) is 14.2 Å². The van der Waals surface area contributed by atoms with Crippen LogP contribution >= 0.6 is 0 Å².